The second kappa shape index (κ2) is 5.33. The van der Waals surface area contributed by atoms with Crippen molar-refractivity contribution in [2.75, 3.05) is 5.32 Å². The van der Waals surface area contributed by atoms with Crippen LogP contribution in [0.15, 0.2) is 42.5 Å². The molecule has 0 atom stereocenters. The third-order valence-corrected chi connectivity index (χ3v) is 3.22. The monoisotopic (exact) mass is 301 g/mol. The largest absolute Gasteiger partial charge is 0.449 e. The van der Waals surface area contributed by atoms with Gasteiger partial charge < -0.3 is 14.8 Å². The van der Waals surface area contributed by atoms with Crippen LogP contribution in [-0.4, -0.2) is 11.7 Å². The average molecular weight is 301 g/mol. The molecule has 1 aliphatic heterocycles. The van der Waals surface area contributed by atoms with Crippen molar-refractivity contribution in [1.82, 2.24) is 0 Å². The zero-order chi connectivity index (χ0) is 15.7. The number of nitrogens with one attached hydrogen (secondary N) is 1. The second-order valence-electron chi connectivity index (χ2n) is 5.62. The Morgan fingerprint density at radius 2 is 1.77 bits per heavy atom. The average Bonchev–Trinajstić information content (AvgIpc) is 2.74. The number of carbonyl (C=O) groups is 1. The maximum Gasteiger partial charge on any atom is 0.246 e. The minimum Gasteiger partial charge on any atom is -0.449 e. The number of hydrogen-bond donors (Lipinski definition) is 1. The first-order chi connectivity index (χ1) is 10.4. The number of fused-ring (bicyclic) bond motifs is 1. The van der Waals surface area contributed by atoms with Gasteiger partial charge in [-0.05, 0) is 29.8 Å². The van der Waals surface area contributed by atoms with Crippen molar-refractivity contribution in [1.29, 1.82) is 0 Å². The van der Waals surface area contributed by atoms with Crippen LogP contribution in [0, 0.1) is 5.82 Å². The number of anilines is 1. The summed E-state index contributed by atoms with van der Waals surface area (Å²) in [7, 11) is 0. The van der Waals surface area contributed by atoms with Crippen LogP contribution >= 0.6 is 0 Å². The summed E-state index contributed by atoms with van der Waals surface area (Å²) in [5.74, 6) is 0.0670. The van der Waals surface area contributed by atoms with E-state index in [1.807, 2.05) is 13.8 Å². The standard InChI is InChI=1S/C17H16FNO3/c1-17(2)21-14-8-7-13(10-15(14)22-17)19-16(20)9-11-3-5-12(18)6-4-11/h3-8,10H,9H2,1-2H3,(H,19,20). The van der Waals surface area contributed by atoms with Crippen molar-refractivity contribution >= 4 is 11.6 Å². The normalized spacial score (nSPS) is 14.7. The summed E-state index contributed by atoms with van der Waals surface area (Å²) in [4.78, 5) is 12.0. The maximum atomic E-state index is 12.8. The van der Waals surface area contributed by atoms with Gasteiger partial charge in [0.05, 0.1) is 6.42 Å². The molecular weight excluding hydrogens is 285 g/mol. The Kier molecular flexibility index (Phi) is 3.48. The lowest BCUT2D eigenvalue weighted by atomic mass is 10.1. The molecule has 0 aromatic heterocycles. The molecule has 0 fully saturated rings. The lowest BCUT2D eigenvalue weighted by Gasteiger charge is -2.16. The molecule has 1 N–H and O–H groups in total. The molecule has 0 radical (unpaired) electrons. The van der Waals surface area contributed by atoms with Gasteiger partial charge in [-0.25, -0.2) is 4.39 Å². The van der Waals surface area contributed by atoms with Crippen molar-refractivity contribution < 1.29 is 18.7 Å². The van der Waals surface area contributed by atoms with E-state index in [2.05, 4.69) is 5.32 Å². The molecule has 22 heavy (non-hydrogen) atoms. The van der Waals surface area contributed by atoms with Crippen molar-refractivity contribution in [3.8, 4) is 11.5 Å². The van der Waals surface area contributed by atoms with Crippen molar-refractivity contribution in [3.05, 3.63) is 53.8 Å². The zero-order valence-electron chi connectivity index (χ0n) is 12.4. The highest BCUT2D eigenvalue weighted by atomic mass is 19.1. The van der Waals surface area contributed by atoms with Crippen LogP contribution < -0.4 is 14.8 Å². The van der Waals surface area contributed by atoms with Crippen molar-refractivity contribution in [2.24, 2.45) is 0 Å². The van der Waals surface area contributed by atoms with Crippen LogP contribution in [0.2, 0.25) is 0 Å². The number of ether oxygens (including phenoxy) is 2. The smallest absolute Gasteiger partial charge is 0.246 e. The second-order valence-corrected chi connectivity index (χ2v) is 5.62. The molecule has 1 aliphatic rings. The number of benzene rings is 2. The topological polar surface area (TPSA) is 47.6 Å². The summed E-state index contributed by atoms with van der Waals surface area (Å²) < 4.78 is 24.1. The Labute approximate surface area is 127 Å². The number of carbonyl (C=O) groups excluding carboxylic acids is 1. The van der Waals surface area contributed by atoms with Gasteiger partial charge in [-0.3, -0.25) is 4.79 Å². The number of halogens is 1. The van der Waals surface area contributed by atoms with E-state index in [0.717, 1.165) is 5.56 Å². The quantitative estimate of drug-likeness (QED) is 0.943. The van der Waals surface area contributed by atoms with Gasteiger partial charge in [0, 0.05) is 25.6 Å². The van der Waals surface area contributed by atoms with Crippen LogP contribution in [0.1, 0.15) is 19.4 Å². The van der Waals surface area contributed by atoms with Gasteiger partial charge >= 0.3 is 0 Å². The van der Waals surface area contributed by atoms with Gasteiger partial charge in [-0.2, -0.15) is 0 Å². The molecular formula is C17H16FNO3. The van der Waals surface area contributed by atoms with Crippen LogP contribution in [0.3, 0.4) is 0 Å². The zero-order valence-corrected chi connectivity index (χ0v) is 12.4. The van der Waals surface area contributed by atoms with E-state index in [4.69, 9.17) is 9.47 Å². The first-order valence-corrected chi connectivity index (χ1v) is 6.98. The molecule has 114 valence electrons. The van der Waals surface area contributed by atoms with Crippen molar-refractivity contribution in [3.63, 3.8) is 0 Å². The summed E-state index contributed by atoms with van der Waals surface area (Å²) >= 11 is 0. The van der Waals surface area contributed by atoms with E-state index in [1.54, 1.807) is 30.3 Å². The van der Waals surface area contributed by atoms with Crippen LogP contribution in [0.4, 0.5) is 10.1 Å². The van der Waals surface area contributed by atoms with Gasteiger partial charge in [0.2, 0.25) is 11.7 Å². The van der Waals surface area contributed by atoms with Gasteiger partial charge in [-0.1, -0.05) is 12.1 Å². The van der Waals surface area contributed by atoms with E-state index in [-0.39, 0.29) is 18.1 Å². The number of rotatable bonds is 3. The van der Waals surface area contributed by atoms with E-state index < -0.39 is 5.79 Å². The lowest BCUT2D eigenvalue weighted by Crippen LogP contribution is -2.29. The van der Waals surface area contributed by atoms with Gasteiger partial charge in [0.15, 0.2) is 11.5 Å². The fraction of sp³-hybridized carbons (Fsp3) is 0.235. The van der Waals surface area contributed by atoms with E-state index >= 15 is 0 Å². The predicted molar refractivity (Wildman–Crippen MR) is 80.5 cm³/mol. The number of amides is 1. The van der Waals surface area contributed by atoms with E-state index in [0.29, 0.717) is 17.2 Å². The Bertz CT molecular complexity index is 710. The summed E-state index contributed by atoms with van der Waals surface area (Å²) in [5, 5.41) is 2.79. The first kappa shape index (κ1) is 14.4. The predicted octanol–water partition coefficient (Wildman–Crippen LogP) is 3.51. The minimum absolute atomic E-state index is 0.176. The lowest BCUT2D eigenvalue weighted by molar-refractivity contribution is -0.115. The Morgan fingerprint density at radius 3 is 2.50 bits per heavy atom. The molecule has 1 amide bonds. The summed E-state index contributed by atoms with van der Waals surface area (Å²) in [6, 6.07) is 11.1. The molecule has 1 heterocycles. The van der Waals surface area contributed by atoms with Gasteiger partial charge in [-0.15, -0.1) is 0 Å². The summed E-state index contributed by atoms with van der Waals surface area (Å²) in [6.45, 7) is 3.64. The highest BCUT2D eigenvalue weighted by molar-refractivity contribution is 5.92. The molecule has 3 rings (SSSR count). The van der Waals surface area contributed by atoms with Crippen LogP contribution in [0.5, 0.6) is 11.5 Å². The summed E-state index contributed by atoms with van der Waals surface area (Å²) in [6.07, 6.45) is 0.181. The molecule has 5 heteroatoms. The Balaban J connectivity index is 1.66. The molecule has 0 unspecified atom stereocenters. The highest BCUT2D eigenvalue weighted by Crippen LogP contribution is 2.40. The maximum absolute atomic E-state index is 12.8. The highest BCUT2D eigenvalue weighted by Gasteiger charge is 2.31. The first-order valence-electron chi connectivity index (χ1n) is 6.98. The molecule has 0 saturated carbocycles. The molecule has 2 aromatic carbocycles. The number of hydrogen-bond acceptors (Lipinski definition) is 3. The molecule has 0 aliphatic carbocycles. The molecule has 4 nitrogen and oxygen atoms in total. The fourth-order valence-electron chi connectivity index (χ4n) is 2.29. The third kappa shape index (κ3) is 3.19. The van der Waals surface area contributed by atoms with Crippen LogP contribution in [0.25, 0.3) is 0 Å². The van der Waals surface area contributed by atoms with Crippen molar-refractivity contribution in [2.45, 2.75) is 26.1 Å². The van der Waals surface area contributed by atoms with E-state index in [1.165, 1.54) is 12.1 Å². The van der Waals surface area contributed by atoms with Gasteiger partial charge in [0.25, 0.3) is 0 Å². The Hall–Kier alpha value is -2.56. The molecule has 0 bridgehead atoms. The molecule has 0 spiro atoms. The van der Waals surface area contributed by atoms with E-state index in [9.17, 15) is 9.18 Å². The minimum atomic E-state index is -0.695. The SMILES string of the molecule is CC1(C)Oc2ccc(NC(=O)Cc3ccc(F)cc3)cc2O1. The fourth-order valence-corrected chi connectivity index (χ4v) is 2.29. The molecule has 0 saturated heterocycles. The molecule has 2 aromatic rings. The summed E-state index contributed by atoms with van der Waals surface area (Å²) in [5.41, 5.74) is 1.38. The van der Waals surface area contributed by atoms with Gasteiger partial charge in [0.1, 0.15) is 5.82 Å². The Morgan fingerprint density at radius 1 is 1.09 bits per heavy atom. The van der Waals surface area contributed by atoms with Crippen LogP contribution in [-0.2, 0) is 11.2 Å². The third-order valence-electron chi connectivity index (χ3n) is 3.22.